The lowest BCUT2D eigenvalue weighted by Crippen LogP contribution is -2.45. The molecule has 0 spiro atoms. The number of aromatic nitrogens is 2. The molecule has 6 heteroatoms. The van der Waals surface area contributed by atoms with Crippen LogP contribution in [-0.2, 0) is 0 Å². The molecule has 4 heterocycles. The third-order valence-electron chi connectivity index (χ3n) is 5.42. The van der Waals surface area contributed by atoms with E-state index in [2.05, 4.69) is 44.5 Å². The molecule has 0 aliphatic carbocycles. The number of thiophene rings is 1. The fraction of sp³-hybridized carbons (Fsp3) is 0.368. The molecule has 2 fully saturated rings. The number of benzene rings is 1. The molecule has 0 radical (unpaired) electrons. The minimum Gasteiger partial charge on any atom is -0.393 e. The number of nitrogens with zero attached hydrogens (tertiary/aromatic N) is 3. The van der Waals surface area contributed by atoms with Crippen molar-refractivity contribution in [3.63, 3.8) is 0 Å². The van der Waals surface area contributed by atoms with Gasteiger partial charge in [0.15, 0.2) is 0 Å². The van der Waals surface area contributed by atoms with Gasteiger partial charge in [-0.05, 0) is 42.8 Å². The van der Waals surface area contributed by atoms with Crippen LogP contribution in [0.2, 0.25) is 5.28 Å². The highest BCUT2D eigenvalue weighted by Crippen LogP contribution is 2.45. The Kier molecular flexibility index (Phi) is 3.69. The first kappa shape index (κ1) is 15.6. The van der Waals surface area contributed by atoms with E-state index < -0.39 is 0 Å². The number of hydrogen-bond donors (Lipinski definition) is 1. The highest BCUT2D eigenvalue weighted by molar-refractivity contribution is 7.17. The normalized spacial score (nSPS) is 25.7. The second kappa shape index (κ2) is 5.94. The number of halogens is 1. The molecular formula is C19H18ClN3OS. The van der Waals surface area contributed by atoms with E-state index in [-0.39, 0.29) is 6.10 Å². The summed E-state index contributed by atoms with van der Waals surface area (Å²) in [6, 6.07) is 11.0. The zero-order valence-corrected chi connectivity index (χ0v) is 15.2. The Labute approximate surface area is 155 Å². The molecule has 1 N–H and O–H groups in total. The predicted molar refractivity (Wildman–Crippen MR) is 102 cm³/mol. The zero-order chi connectivity index (χ0) is 17.0. The van der Waals surface area contributed by atoms with Gasteiger partial charge in [0.25, 0.3) is 0 Å². The van der Waals surface area contributed by atoms with Crippen molar-refractivity contribution >= 4 is 39.0 Å². The number of anilines is 1. The van der Waals surface area contributed by atoms with E-state index >= 15 is 0 Å². The molecule has 2 atom stereocenters. The molecular weight excluding hydrogens is 354 g/mol. The van der Waals surface area contributed by atoms with Gasteiger partial charge in [-0.1, -0.05) is 30.3 Å². The first-order valence-electron chi connectivity index (χ1n) is 8.67. The number of rotatable bonds is 2. The zero-order valence-electron chi connectivity index (χ0n) is 13.6. The number of aliphatic hydroxyl groups is 1. The van der Waals surface area contributed by atoms with Gasteiger partial charge in [0, 0.05) is 23.0 Å². The van der Waals surface area contributed by atoms with E-state index in [9.17, 15) is 5.11 Å². The van der Waals surface area contributed by atoms with Crippen LogP contribution in [0.4, 0.5) is 5.82 Å². The van der Waals surface area contributed by atoms with Crippen LogP contribution in [0, 0.1) is 0 Å². The topological polar surface area (TPSA) is 49.2 Å². The van der Waals surface area contributed by atoms with Gasteiger partial charge in [0.05, 0.1) is 11.5 Å². The Hall–Kier alpha value is -1.69. The van der Waals surface area contributed by atoms with Crippen molar-refractivity contribution in [3.05, 3.63) is 41.0 Å². The van der Waals surface area contributed by atoms with Crippen molar-refractivity contribution in [2.75, 3.05) is 4.90 Å². The number of piperidine rings is 1. The second-order valence-electron chi connectivity index (χ2n) is 6.93. The number of aliphatic hydroxyl groups excluding tert-OH is 1. The third-order valence-corrected chi connectivity index (χ3v) is 6.47. The summed E-state index contributed by atoms with van der Waals surface area (Å²) in [5, 5.41) is 13.7. The lowest BCUT2D eigenvalue weighted by molar-refractivity contribution is 0.126. The standard InChI is InChI=1S/C19H18ClN3OS/c20-19-21-17(23-12-6-7-13(23)9-14(24)8-12)16-15(10-25-18(16)22-19)11-4-2-1-3-5-11/h1-5,10,12-14,24H,6-9H2. The van der Waals surface area contributed by atoms with E-state index in [4.69, 9.17) is 11.6 Å². The van der Waals surface area contributed by atoms with Crippen molar-refractivity contribution in [1.29, 1.82) is 0 Å². The summed E-state index contributed by atoms with van der Waals surface area (Å²) < 4.78 is 0. The summed E-state index contributed by atoms with van der Waals surface area (Å²) in [4.78, 5) is 12.4. The van der Waals surface area contributed by atoms with Crippen LogP contribution in [0.15, 0.2) is 35.7 Å². The molecule has 2 saturated heterocycles. The van der Waals surface area contributed by atoms with Crippen LogP contribution in [0.1, 0.15) is 25.7 Å². The maximum atomic E-state index is 10.1. The molecule has 5 rings (SSSR count). The molecule has 128 valence electrons. The van der Waals surface area contributed by atoms with E-state index in [0.29, 0.717) is 17.4 Å². The predicted octanol–water partition coefficient (Wildman–Crippen LogP) is 4.50. The molecule has 1 aromatic carbocycles. The second-order valence-corrected chi connectivity index (χ2v) is 8.13. The van der Waals surface area contributed by atoms with Gasteiger partial charge in [-0.15, -0.1) is 11.3 Å². The monoisotopic (exact) mass is 371 g/mol. The van der Waals surface area contributed by atoms with E-state index in [1.807, 2.05) is 6.07 Å². The van der Waals surface area contributed by atoms with Gasteiger partial charge in [0.2, 0.25) is 5.28 Å². The fourth-order valence-corrected chi connectivity index (χ4v) is 5.57. The molecule has 2 bridgehead atoms. The van der Waals surface area contributed by atoms with Crippen LogP contribution in [0.3, 0.4) is 0 Å². The van der Waals surface area contributed by atoms with Gasteiger partial charge in [-0.3, -0.25) is 0 Å². The first-order chi connectivity index (χ1) is 12.2. The quantitative estimate of drug-likeness (QED) is 0.673. The lowest BCUT2D eigenvalue weighted by atomic mass is 9.98. The van der Waals surface area contributed by atoms with Crippen LogP contribution in [-0.4, -0.2) is 33.3 Å². The van der Waals surface area contributed by atoms with Gasteiger partial charge >= 0.3 is 0 Å². The average Bonchev–Trinajstić information content (AvgIpc) is 3.14. The molecule has 2 unspecified atom stereocenters. The van der Waals surface area contributed by atoms with Crippen molar-refractivity contribution in [3.8, 4) is 11.1 Å². The molecule has 0 saturated carbocycles. The summed E-state index contributed by atoms with van der Waals surface area (Å²) in [5.74, 6) is 0.939. The minimum atomic E-state index is -0.197. The molecule has 2 aromatic heterocycles. The van der Waals surface area contributed by atoms with Crippen molar-refractivity contribution < 1.29 is 5.11 Å². The smallest absolute Gasteiger partial charge is 0.225 e. The maximum Gasteiger partial charge on any atom is 0.225 e. The van der Waals surface area contributed by atoms with Gasteiger partial charge in [-0.25, -0.2) is 4.98 Å². The Morgan fingerprint density at radius 1 is 1.08 bits per heavy atom. The van der Waals surface area contributed by atoms with E-state index in [1.54, 1.807) is 11.3 Å². The fourth-order valence-electron chi connectivity index (χ4n) is 4.41. The number of hydrogen-bond acceptors (Lipinski definition) is 5. The van der Waals surface area contributed by atoms with Crippen LogP contribution in [0.25, 0.3) is 21.3 Å². The molecule has 2 aliphatic rings. The summed E-state index contributed by atoms with van der Waals surface area (Å²) in [7, 11) is 0. The minimum absolute atomic E-state index is 0.197. The van der Waals surface area contributed by atoms with Gasteiger partial charge < -0.3 is 10.0 Å². The van der Waals surface area contributed by atoms with E-state index in [0.717, 1.165) is 47.3 Å². The third kappa shape index (κ3) is 2.53. The lowest BCUT2D eigenvalue weighted by Gasteiger charge is -2.38. The first-order valence-corrected chi connectivity index (χ1v) is 9.93. The van der Waals surface area contributed by atoms with Crippen LogP contribution < -0.4 is 4.90 Å². The molecule has 0 amide bonds. The summed E-state index contributed by atoms with van der Waals surface area (Å²) >= 11 is 7.86. The highest BCUT2D eigenvalue weighted by Gasteiger charge is 2.42. The molecule has 25 heavy (non-hydrogen) atoms. The average molecular weight is 372 g/mol. The Balaban J connectivity index is 1.71. The van der Waals surface area contributed by atoms with Gasteiger partial charge in [0.1, 0.15) is 10.6 Å². The molecule has 2 aliphatic heterocycles. The highest BCUT2D eigenvalue weighted by atomic mass is 35.5. The van der Waals surface area contributed by atoms with Crippen molar-refractivity contribution in [2.45, 2.75) is 43.9 Å². The largest absolute Gasteiger partial charge is 0.393 e. The summed E-state index contributed by atoms with van der Waals surface area (Å²) in [6.45, 7) is 0. The SMILES string of the molecule is OC1CC2CCC(C1)N2c1nc(Cl)nc2scc(-c3ccccc3)c12. The maximum absolute atomic E-state index is 10.1. The summed E-state index contributed by atoms with van der Waals surface area (Å²) in [6.07, 6.45) is 3.64. The Morgan fingerprint density at radius 2 is 1.80 bits per heavy atom. The van der Waals surface area contributed by atoms with Crippen molar-refractivity contribution in [1.82, 2.24) is 9.97 Å². The summed E-state index contributed by atoms with van der Waals surface area (Å²) in [5.41, 5.74) is 2.34. The van der Waals surface area contributed by atoms with E-state index in [1.165, 1.54) is 5.56 Å². The van der Waals surface area contributed by atoms with Crippen molar-refractivity contribution in [2.24, 2.45) is 0 Å². The van der Waals surface area contributed by atoms with Crippen LogP contribution >= 0.6 is 22.9 Å². The molecule has 4 nitrogen and oxygen atoms in total. The Morgan fingerprint density at radius 3 is 2.52 bits per heavy atom. The Bertz CT molecular complexity index is 915. The van der Waals surface area contributed by atoms with Crippen LogP contribution in [0.5, 0.6) is 0 Å². The van der Waals surface area contributed by atoms with Gasteiger partial charge in [-0.2, -0.15) is 4.98 Å². The molecule has 3 aromatic rings. The number of fused-ring (bicyclic) bond motifs is 3.